The number of hydrogen-bond acceptors (Lipinski definition) is 7. The molecule has 2 fully saturated rings. The predicted octanol–water partition coefficient (Wildman–Crippen LogP) is 2.99. The van der Waals surface area contributed by atoms with Crippen LogP contribution >= 0.6 is 0 Å². The van der Waals surface area contributed by atoms with Crippen molar-refractivity contribution in [2.75, 3.05) is 18.1 Å². The van der Waals surface area contributed by atoms with Crippen LogP contribution in [0.1, 0.15) is 24.8 Å². The van der Waals surface area contributed by atoms with E-state index in [1.54, 1.807) is 6.20 Å². The third-order valence-electron chi connectivity index (χ3n) is 5.04. The molecule has 2 aliphatic rings. The second-order valence-corrected chi connectivity index (χ2v) is 7.30. The first-order valence-electron chi connectivity index (χ1n) is 9.90. The van der Waals surface area contributed by atoms with Gasteiger partial charge in [0, 0.05) is 18.9 Å². The zero-order chi connectivity index (χ0) is 23.1. The maximum absolute atomic E-state index is 13.0. The van der Waals surface area contributed by atoms with Crippen LogP contribution < -0.4 is 4.90 Å². The first kappa shape index (κ1) is 23.8. The lowest BCUT2D eigenvalue weighted by molar-refractivity contribution is -0.192. The van der Waals surface area contributed by atoms with E-state index < -0.39 is 18.0 Å². The van der Waals surface area contributed by atoms with Crippen molar-refractivity contribution < 1.29 is 36.9 Å². The molecule has 3 atom stereocenters. The zero-order valence-corrected chi connectivity index (χ0v) is 16.9. The maximum Gasteiger partial charge on any atom is 0.490 e. The molecule has 174 valence electrons. The molecule has 0 saturated carbocycles. The van der Waals surface area contributed by atoms with Gasteiger partial charge in [0.15, 0.2) is 5.82 Å². The summed E-state index contributed by atoms with van der Waals surface area (Å²) in [4.78, 5) is 23.3. The van der Waals surface area contributed by atoms with Crippen molar-refractivity contribution >= 4 is 11.9 Å². The van der Waals surface area contributed by atoms with Crippen molar-refractivity contribution in [2.45, 2.75) is 50.3 Å². The molecule has 4 heterocycles. The quantitative estimate of drug-likeness (QED) is 0.683. The summed E-state index contributed by atoms with van der Waals surface area (Å²) >= 11 is 0. The largest absolute Gasteiger partial charge is 0.490 e. The molecule has 32 heavy (non-hydrogen) atoms. The standard InChI is InChI=1S/C18H21FN4O2.C2HF3O2/c19-14-9-21-18(22-10-14)23-7-5-17-16(23)4-3-15(25-17)12-24-11-13-2-1-6-20-8-13;3-2(4,5)1(6)7/h1-2,6,8-10,15-17H,3-5,7,11-12H2;(H,6,7)/t15-,16-,17-;/m0./s1. The molecule has 12 heteroatoms. The van der Waals surface area contributed by atoms with Gasteiger partial charge in [0.2, 0.25) is 5.95 Å². The highest BCUT2D eigenvalue weighted by Crippen LogP contribution is 2.33. The average Bonchev–Trinajstić information content (AvgIpc) is 3.18. The van der Waals surface area contributed by atoms with Gasteiger partial charge < -0.3 is 19.5 Å². The fraction of sp³-hybridized carbons (Fsp3) is 0.500. The Kier molecular flexibility index (Phi) is 7.91. The Bertz CT molecular complexity index is 870. The summed E-state index contributed by atoms with van der Waals surface area (Å²) in [5.74, 6) is -2.58. The number of carboxylic acids is 1. The summed E-state index contributed by atoms with van der Waals surface area (Å²) in [7, 11) is 0. The number of anilines is 1. The summed E-state index contributed by atoms with van der Waals surface area (Å²) in [6, 6.07) is 4.17. The van der Waals surface area contributed by atoms with Gasteiger partial charge in [0.1, 0.15) is 0 Å². The summed E-state index contributed by atoms with van der Waals surface area (Å²) in [6.45, 7) is 1.98. The van der Waals surface area contributed by atoms with Crippen LogP contribution in [-0.4, -0.2) is 63.6 Å². The molecule has 2 saturated heterocycles. The SMILES string of the molecule is Fc1cnc(N2CC[C@@H]3O[C@H](COCc4cccnc4)CC[C@@H]32)nc1.O=C(O)C(F)(F)F. The molecule has 2 aromatic rings. The fourth-order valence-electron chi connectivity index (χ4n) is 3.61. The number of carboxylic acid groups (broad SMARTS) is 1. The molecule has 0 aromatic carbocycles. The van der Waals surface area contributed by atoms with Crippen molar-refractivity contribution in [3.63, 3.8) is 0 Å². The van der Waals surface area contributed by atoms with E-state index in [0.717, 1.165) is 31.4 Å². The van der Waals surface area contributed by atoms with E-state index >= 15 is 0 Å². The highest BCUT2D eigenvalue weighted by atomic mass is 19.4. The van der Waals surface area contributed by atoms with Crippen LogP contribution in [0.4, 0.5) is 23.5 Å². The van der Waals surface area contributed by atoms with Crippen LogP contribution in [0.2, 0.25) is 0 Å². The first-order valence-corrected chi connectivity index (χ1v) is 9.90. The molecule has 8 nitrogen and oxygen atoms in total. The third kappa shape index (κ3) is 6.57. The van der Waals surface area contributed by atoms with Gasteiger partial charge in [0.05, 0.1) is 43.9 Å². The van der Waals surface area contributed by atoms with E-state index in [2.05, 4.69) is 19.9 Å². The third-order valence-corrected chi connectivity index (χ3v) is 5.04. The molecule has 4 rings (SSSR count). The molecule has 2 aliphatic heterocycles. The van der Waals surface area contributed by atoms with E-state index in [1.807, 2.05) is 18.3 Å². The Labute approximate surface area is 181 Å². The van der Waals surface area contributed by atoms with Crippen LogP contribution in [0.5, 0.6) is 0 Å². The number of aromatic nitrogens is 3. The number of nitrogens with zero attached hydrogens (tertiary/aromatic N) is 4. The molecule has 1 N–H and O–H groups in total. The number of carbonyl (C=O) groups is 1. The lowest BCUT2D eigenvalue weighted by Crippen LogP contribution is -2.44. The molecule has 0 spiro atoms. The minimum Gasteiger partial charge on any atom is -0.475 e. The highest BCUT2D eigenvalue weighted by molar-refractivity contribution is 5.73. The van der Waals surface area contributed by atoms with Crippen LogP contribution in [0.25, 0.3) is 0 Å². The highest BCUT2D eigenvalue weighted by Gasteiger charge is 2.41. The van der Waals surface area contributed by atoms with Gasteiger partial charge in [-0.05, 0) is 30.9 Å². The van der Waals surface area contributed by atoms with Crippen molar-refractivity contribution in [3.05, 3.63) is 48.3 Å². The maximum atomic E-state index is 13.0. The normalized spacial score (nSPS) is 22.6. The van der Waals surface area contributed by atoms with Crippen LogP contribution in [0.15, 0.2) is 36.9 Å². The van der Waals surface area contributed by atoms with E-state index in [1.165, 1.54) is 12.4 Å². The number of ether oxygens (including phenoxy) is 2. The minimum atomic E-state index is -5.08. The number of aliphatic carboxylic acids is 1. The van der Waals surface area contributed by atoms with Gasteiger partial charge in [0.25, 0.3) is 0 Å². The molecule has 0 radical (unpaired) electrons. The second-order valence-electron chi connectivity index (χ2n) is 7.30. The Morgan fingerprint density at radius 1 is 1.22 bits per heavy atom. The molecular formula is C20H22F4N4O4. The summed E-state index contributed by atoms with van der Waals surface area (Å²) in [6.07, 6.45) is 4.08. The fourth-order valence-corrected chi connectivity index (χ4v) is 3.61. The van der Waals surface area contributed by atoms with Gasteiger partial charge in [-0.2, -0.15) is 13.2 Å². The zero-order valence-electron chi connectivity index (χ0n) is 16.9. The topological polar surface area (TPSA) is 97.7 Å². The number of halogens is 4. The number of pyridine rings is 1. The van der Waals surface area contributed by atoms with Crippen molar-refractivity contribution in [3.8, 4) is 0 Å². The second kappa shape index (κ2) is 10.6. The van der Waals surface area contributed by atoms with Gasteiger partial charge >= 0.3 is 12.1 Å². The van der Waals surface area contributed by atoms with Crippen LogP contribution in [0, 0.1) is 5.82 Å². The van der Waals surface area contributed by atoms with E-state index in [9.17, 15) is 17.6 Å². The Morgan fingerprint density at radius 3 is 2.56 bits per heavy atom. The predicted molar refractivity (Wildman–Crippen MR) is 103 cm³/mol. The molecule has 0 unspecified atom stereocenters. The summed E-state index contributed by atoms with van der Waals surface area (Å²) in [5, 5.41) is 7.12. The van der Waals surface area contributed by atoms with Gasteiger partial charge in [-0.15, -0.1) is 0 Å². The van der Waals surface area contributed by atoms with E-state index in [4.69, 9.17) is 19.4 Å². The van der Waals surface area contributed by atoms with Crippen molar-refractivity contribution in [1.82, 2.24) is 15.0 Å². The van der Waals surface area contributed by atoms with Gasteiger partial charge in [-0.1, -0.05) is 6.07 Å². The molecule has 2 aromatic heterocycles. The Balaban J connectivity index is 0.000000360. The van der Waals surface area contributed by atoms with Crippen molar-refractivity contribution in [1.29, 1.82) is 0 Å². The lowest BCUT2D eigenvalue weighted by Gasteiger charge is -2.35. The Morgan fingerprint density at radius 2 is 1.94 bits per heavy atom. The lowest BCUT2D eigenvalue weighted by atomic mass is 9.99. The average molecular weight is 458 g/mol. The Hall–Kier alpha value is -2.86. The monoisotopic (exact) mass is 458 g/mol. The van der Waals surface area contributed by atoms with Crippen LogP contribution in [0.3, 0.4) is 0 Å². The molecular weight excluding hydrogens is 436 g/mol. The van der Waals surface area contributed by atoms with E-state index in [-0.39, 0.29) is 18.2 Å². The summed E-state index contributed by atoms with van der Waals surface area (Å²) in [5.41, 5.74) is 1.07. The van der Waals surface area contributed by atoms with Crippen molar-refractivity contribution in [2.24, 2.45) is 0 Å². The van der Waals surface area contributed by atoms with Gasteiger partial charge in [-0.25, -0.2) is 19.2 Å². The van der Waals surface area contributed by atoms with E-state index in [0.29, 0.717) is 19.2 Å². The summed E-state index contributed by atoms with van der Waals surface area (Å²) < 4.78 is 56.7. The van der Waals surface area contributed by atoms with Gasteiger partial charge in [-0.3, -0.25) is 4.98 Å². The molecule has 0 amide bonds. The number of hydrogen-bond donors (Lipinski definition) is 1. The first-order chi connectivity index (χ1) is 15.2. The minimum absolute atomic E-state index is 0.118. The van der Waals surface area contributed by atoms with Crippen LogP contribution in [-0.2, 0) is 20.9 Å². The number of alkyl halides is 3. The smallest absolute Gasteiger partial charge is 0.475 e. The molecule has 0 bridgehead atoms. The molecule has 0 aliphatic carbocycles. The number of rotatable bonds is 5. The number of fused-ring (bicyclic) bond motifs is 1.